The molecule has 1 unspecified atom stereocenters. The number of carbonyl (C=O) groups excluding carboxylic acids is 1. The number of rotatable bonds is 3. The molecule has 1 fully saturated rings. The minimum Gasteiger partial charge on any atom is -0.384 e. The maximum absolute atomic E-state index is 12.0. The van der Waals surface area contributed by atoms with Gasteiger partial charge < -0.3 is 20.7 Å². The summed E-state index contributed by atoms with van der Waals surface area (Å²) in [5, 5.41) is 3.08. The fraction of sp³-hybridized carbons (Fsp3) is 0.500. The van der Waals surface area contributed by atoms with Crippen LogP contribution in [-0.4, -0.2) is 55.2 Å². The number of amides is 1. The summed E-state index contributed by atoms with van der Waals surface area (Å²) >= 11 is 5.92. The van der Waals surface area contributed by atoms with E-state index in [1.165, 1.54) is 12.3 Å². The van der Waals surface area contributed by atoms with Crippen LogP contribution in [0.2, 0.25) is 5.02 Å². The van der Waals surface area contributed by atoms with Crippen molar-refractivity contribution in [3.63, 3.8) is 0 Å². The van der Waals surface area contributed by atoms with Crippen LogP contribution < -0.4 is 11.1 Å². The molecule has 0 radical (unpaired) electrons. The minimum atomic E-state index is -0.268. The lowest BCUT2D eigenvalue weighted by Crippen LogP contribution is -2.45. The summed E-state index contributed by atoms with van der Waals surface area (Å²) in [7, 11) is 2.03. The van der Waals surface area contributed by atoms with Crippen LogP contribution in [0.25, 0.3) is 0 Å². The molecule has 1 atom stereocenters. The number of anilines is 1. The van der Waals surface area contributed by atoms with Crippen molar-refractivity contribution in [2.24, 2.45) is 0 Å². The smallest absolute Gasteiger partial charge is 0.253 e. The lowest BCUT2D eigenvalue weighted by atomic mass is 10.2. The fourth-order valence-electron chi connectivity index (χ4n) is 1.92. The first-order valence-corrected chi connectivity index (χ1v) is 6.43. The van der Waals surface area contributed by atoms with Crippen molar-refractivity contribution in [3.05, 3.63) is 22.8 Å². The van der Waals surface area contributed by atoms with Gasteiger partial charge in [0.1, 0.15) is 5.82 Å². The monoisotopic (exact) mass is 284 g/mol. The van der Waals surface area contributed by atoms with E-state index in [1.54, 1.807) is 0 Å². The van der Waals surface area contributed by atoms with Gasteiger partial charge in [-0.3, -0.25) is 4.79 Å². The van der Waals surface area contributed by atoms with Crippen LogP contribution in [0.1, 0.15) is 10.4 Å². The molecule has 1 aliphatic heterocycles. The molecule has 1 aliphatic rings. The number of hydrogen-bond acceptors (Lipinski definition) is 5. The largest absolute Gasteiger partial charge is 0.384 e. The second kappa shape index (κ2) is 6.18. The number of nitrogens with one attached hydrogen (secondary N) is 1. The summed E-state index contributed by atoms with van der Waals surface area (Å²) < 4.78 is 5.56. The molecule has 6 nitrogen and oxygen atoms in total. The summed E-state index contributed by atoms with van der Waals surface area (Å²) in [5.41, 5.74) is 5.87. The molecule has 1 aromatic heterocycles. The number of hydrogen-bond donors (Lipinski definition) is 2. The van der Waals surface area contributed by atoms with Gasteiger partial charge >= 0.3 is 0 Å². The van der Waals surface area contributed by atoms with Gasteiger partial charge in [0.25, 0.3) is 5.91 Å². The first-order chi connectivity index (χ1) is 9.06. The summed E-state index contributed by atoms with van der Waals surface area (Å²) in [6, 6.07) is 1.46. The van der Waals surface area contributed by atoms with Gasteiger partial charge in [0, 0.05) is 25.8 Å². The molecule has 7 heteroatoms. The standard InChI is InChI=1S/C12H17ClN4O2/c1-17-2-3-19-8(7-17)5-16-12(18)9-4-11(14)15-6-10(9)13/h4,6,8H,2-3,5,7H2,1H3,(H2,14,15)(H,16,18). The Morgan fingerprint density at radius 2 is 2.53 bits per heavy atom. The van der Waals surface area contributed by atoms with Gasteiger partial charge in [0.2, 0.25) is 0 Å². The highest BCUT2D eigenvalue weighted by atomic mass is 35.5. The molecule has 0 aromatic carbocycles. The molecule has 0 aliphatic carbocycles. The molecule has 0 spiro atoms. The Bertz CT molecular complexity index is 469. The molecule has 2 rings (SSSR count). The zero-order chi connectivity index (χ0) is 13.8. The zero-order valence-corrected chi connectivity index (χ0v) is 11.5. The van der Waals surface area contributed by atoms with Crippen LogP contribution in [0, 0.1) is 0 Å². The number of carbonyl (C=O) groups is 1. The van der Waals surface area contributed by atoms with E-state index in [2.05, 4.69) is 15.2 Å². The normalized spacial score (nSPS) is 20.2. The number of aromatic nitrogens is 1. The van der Waals surface area contributed by atoms with Crippen molar-refractivity contribution >= 4 is 23.3 Å². The highest BCUT2D eigenvalue weighted by Gasteiger charge is 2.19. The van der Waals surface area contributed by atoms with Crippen LogP contribution in [-0.2, 0) is 4.74 Å². The Hall–Kier alpha value is -1.37. The third kappa shape index (κ3) is 3.79. The number of morpholine rings is 1. The van der Waals surface area contributed by atoms with Gasteiger partial charge in [-0.15, -0.1) is 0 Å². The second-order valence-corrected chi connectivity index (χ2v) is 4.96. The van der Waals surface area contributed by atoms with Crippen molar-refractivity contribution in [1.82, 2.24) is 15.2 Å². The Balaban J connectivity index is 1.92. The number of ether oxygens (including phenoxy) is 1. The van der Waals surface area contributed by atoms with Gasteiger partial charge in [-0.05, 0) is 13.1 Å². The molecule has 104 valence electrons. The molecule has 3 N–H and O–H groups in total. The number of nitrogens with two attached hydrogens (primary N) is 1. The van der Waals surface area contributed by atoms with E-state index in [1.807, 2.05) is 7.05 Å². The SMILES string of the molecule is CN1CCOC(CNC(=O)c2cc(N)ncc2Cl)C1. The number of nitrogen functional groups attached to an aromatic ring is 1. The number of pyridine rings is 1. The summed E-state index contributed by atoms with van der Waals surface area (Å²) in [6.45, 7) is 2.84. The van der Waals surface area contributed by atoms with E-state index < -0.39 is 0 Å². The van der Waals surface area contributed by atoms with Crippen LogP contribution in [0.15, 0.2) is 12.3 Å². The average molecular weight is 285 g/mol. The van der Waals surface area contributed by atoms with Crippen LogP contribution in [0.5, 0.6) is 0 Å². The Labute approximate surface area is 116 Å². The van der Waals surface area contributed by atoms with Crippen molar-refractivity contribution in [3.8, 4) is 0 Å². The quantitative estimate of drug-likeness (QED) is 0.839. The maximum atomic E-state index is 12.0. The van der Waals surface area contributed by atoms with E-state index in [4.69, 9.17) is 22.1 Å². The summed E-state index contributed by atoms with van der Waals surface area (Å²) in [4.78, 5) is 18.0. The third-order valence-electron chi connectivity index (χ3n) is 2.95. The average Bonchev–Trinajstić information content (AvgIpc) is 2.39. The van der Waals surface area contributed by atoms with E-state index in [-0.39, 0.29) is 22.9 Å². The second-order valence-electron chi connectivity index (χ2n) is 4.55. The topological polar surface area (TPSA) is 80.5 Å². The molecular formula is C12H17ClN4O2. The highest BCUT2D eigenvalue weighted by Crippen LogP contribution is 2.16. The maximum Gasteiger partial charge on any atom is 0.253 e. The van der Waals surface area contributed by atoms with Gasteiger partial charge in [0.05, 0.1) is 23.3 Å². The number of likely N-dealkylation sites (N-methyl/N-ethyl adjacent to an activating group) is 1. The van der Waals surface area contributed by atoms with E-state index in [0.717, 1.165) is 13.1 Å². The van der Waals surface area contributed by atoms with Gasteiger partial charge in [-0.25, -0.2) is 4.98 Å². The predicted molar refractivity (Wildman–Crippen MR) is 73.2 cm³/mol. The van der Waals surface area contributed by atoms with Crippen LogP contribution in [0.4, 0.5) is 5.82 Å². The highest BCUT2D eigenvalue weighted by molar-refractivity contribution is 6.33. The summed E-state index contributed by atoms with van der Waals surface area (Å²) in [6.07, 6.45) is 1.37. The van der Waals surface area contributed by atoms with E-state index >= 15 is 0 Å². The third-order valence-corrected chi connectivity index (χ3v) is 3.25. The Morgan fingerprint density at radius 1 is 1.74 bits per heavy atom. The Kier molecular flexibility index (Phi) is 4.57. The molecule has 1 aromatic rings. The van der Waals surface area contributed by atoms with Crippen LogP contribution >= 0.6 is 11.6 Å². The van der Waals surface area contributed by atoms with Gasteiger partial charge in [-0.1, -0.05) is 11.6 Å². The first-order valence-electron chi connectivity index (χ1n) is 6.05. The summed E-state index contributed by atoms with van der Waals surface area (Å²) in [5.74, 6) is -0.000809. The molecule has 0 bridgehead atoms. The van der Waals surface area contributed by atoms with Crippen molar-refractivity contribution in [2.45, 2.75) is 6.10 Å². The van der Waals surface area contributed by atoms with Crippen LogP contribution in [0.3, 0.4) is 0 Å². The number of nitrogens with zero attached hydrogens (tertiary/aromatic N) is 2. The predicted octanol–water partition coefficient (Wildman–Crippen LogP) is 0.378. The van der Waals surface area contributed by atoms with Crippen molar-refractivity contribution in [1.29, 1.82) is 0 Å². The lowest BCUT2D eigenvalue weighted by Gasteiger charge is -2.30. The zero-order valence-electron chi connectivity index (χ0n) is 10.7. The molecule has 1 saturated heterocycles. The number of halogens is 1. The van der Waals surface area contributed by atoms with Crippen molar-refractivity contribution < 1.29 is 9.53 Å². The Morgan fingerprint density at radius 3 is 3.26 bits per heavy atom. The first kappa shape index (κ1) is 14.0. The minimum absolute atomic E-state index is 0.000611. The van der Waals surface area contributed by atoms with E-state index in [9.17, 15) is 4.79 Å². The van der Waals surface area contributed by atoms with Crippen molar-refractivity contribution in [2.75, 3.05) is 39.0 Å². The molecule has 2 heterocycles. The fourth-order valence-corrected chi connectivity index (χ4v) is 2.11. The van der Waals surface area contributed by atoms with Gasteiger partial charge in [0.15, 0.2) is 0 Å². The van der Waals surface area contributed by atoms with Gasteiger partial charge in [-0.2, -0.15) is 0 Å². The lowest BCUT2D eigenvalue weighted by molar-refractivity contribution is -0.0175. The molecule has 19 heavy (non-hydrogen) atoms. The molecular weight excluding hydrogens is 268 g/mol. The molecule has 0 saturated carbocycles. The molecule has 1 amide bonds. The van der Waals surface area contributed by atoms with E-state index in [0.29, 0.717) is 18.7 Å².